The molecule has 0 aromatic heterocycles. The summed E-state index contributed by atoms with van der Waals surface area (Å²) in [6.45, 7) is 10.0. The van der Waals surface area contributed by atoms with E-state index >= 15 is 0 Å². The molecule has 6 unspecified atom stereocenters. The molecule has 0 saturated heterocycles. The zero-order chi connectivity index (χ0) is 21.6. The smallest absolute Gasteiger partial charge is 0.0243 e. The minimum atomic E-state index is 0.501. The Morgan fingerprint density at radius 2 is 1.84 bits per heavy atom. The highest BCUT2D eigenvalue weighted by Gasteiger charge is 2.51. The van der Waals surface area contributed by atoms with Crippen LogP contribution < -0.4 is 0 Å². The van der Waals surface area contributed by atoms with E-state index < -0.39 is 0 Å². The summed E-state index contributed by atoms with van der Waals surface area (Å²) in [6.07, 6.45) is 27.4. The molecule has 3 saturated carbocycles. The van der Waals surface area contributed by atoms with Crippen LogP contribution in [-0.4, -0.2) is 0 Å². The van der Waals surface area contributed by atoms with Crippen molar-refractivity contribution in [1.82, 2.24) is 0 Å². The molecular formula is C31H50. The molecule has 0 spiro atoms. The first kappa shape index (κ1) is 22.3. The van der Waals surface area contributed by atoms with Gasteiger partial charge in [-0.1, -0.05) is 64.7 Å². The second-order valence-electron chi connectivity index (χ2n) is 14.0. The summed E-state index contributed by atoms with van der Waals surface area (Å²) in [5.41, 5.74) is 4.85. The Kier molecular flexibility index (Phi) is 6.24. The second kappa shape index (κ2) is 8.68. The molecule has 0 radical (unpaired) electrons. The summed E-state index contributed by atoms with van der Waals surface area (Å²) in [6, 6.07) is 0. The highest BCUT2D eigenvalue weighted by Crippen LogP contribution is 2.62. The van der Waals surface area contributed by atoms with Gasteiger partial charge in [-0.25, -0.2) is 0 Å². The lowest BCUT2D eigenvalue weighted by Gasteiger charge is -2.41. The summed E-state index contributed by atoms with van der Waals surface area (Å²) in [5.74, 6) is 6.11. The summed E-state index contributed by atoms with van der Waals surface area (Å²) < 4.78 is 0. The van der Waals surface area contributed by atoms with Crippen LogP contribution in [0.25, 0.3) is 0 Å². The SMILES string of the molecule is CC1CC(CC(C)(C)C)CCC2C(CCC3(C4CC5=C(CCC=C5)C4)CC3)CCCC12. The Bertz CT molecular complexity index is 696. The Hall–Kier alpha value is -0.520. The molecule has 0 nitrogen and oxygen atoms in total. The lowest BCUT2D eigenvalue weighted by atomic mass is 9.64. The molecule has 0 aliphatic heterocycles. The average molecular weight is 423 g/mol. The first-order valence-electron chi connectivity index (χ1n) is 14.2. The Balaban J connectivity index is 1.20. The minimum absolute atomic E-state index is 0.501. The van der Waals surface area contributed by atoms with Crippen LogP contribution in [0.1, 0.15) is 124 Å². The maximum atomic E-state index is 2.63. The molecule has 31 heavy (non-hydrogen) atoms. The molecule has 0 heterocycles. The van der Waals surface area contributed by atoms with E-state index in [9.17, 15) is 0 Å². The van der Waals surface area contributed by atoms with Crippen LogP contribution in [0.5, 0.6) is 0 Å². The van der Waals surface area contributed by atoms with E-state index in [1.807, 2.05) is 5.57 Å². The molecule has 3 fully saturated rings. The minimum Gasteiger partial charge on any atom is -0.0839 e. The van der Waals surface area contributed by atoms with E-state index in [1.54, 1.807) is 50.5 Å². The van der Waals surface area contributed by atoms with Crippen molar-refractivity contribution in [1.29, 1.82) is 0 Å². The lowest BCUT2D eigenvalue weighted by Crippen LogP contribution is -2.32. The van der Waals surface area contributed by atoms with Crippen molar-refractivity contribution in [2.75, 3.05) is 0 Å². The van der Waals surface area contributed by atoms with Crippen LogP contribution in [-0.2, 0) is 0 Å². The van der Waals surface area contributed by atoms with Crippen molar-refractivity contribution in [3.8, 4) is 0 Å². The zero-order valence-electron chi connectivity index (χ0n) is 21.2. The second-order valence-corrected chi connectivity index (χ2v) is 14.0. The molecular weight excluding hydrogens is 372 g/mol. The van der Waals surface area contributed by atoms with E-state index in [0.717, 1.165) is 40.9 Å². The number of fused-ring (bicyclic) bond motifs is 1. The molecule has 5 aliphatic rings. The van der Waals surface area contributed by atoms with Crippen molar-refractivity contribution < 1.29 is 0 Å². The Morgan fingerprint density at radius 3 is 2.58 bits per heavy atom. The summed E-state index contributed by atoms with van der Waals surface area (Å²) in [7, 11) is 0. The Labute approximate surface area is 193 Å². The van der Waals surface area contributed by atoms with Crippen molar-refractivity contribution >= 4 is 0 Å². The number of rotatable bonds is 5. The van der Waals surface area contributed by atoms with Crippen molar-refractivity contribution in [3.05, 3.63) is 23.3 Å². The molecule has 0 heteroatoms. The normalized spacial score (nSPS) is 39.7. The fourth-order valence-corrected chi connectivity index (χ4v) is 8.98. The fourth-order valence-electron chi connectivity index (χ4n) is 8.98. The van der Waals surface area contributed by atoms with Gasteiger partial charge >= 0.3 is 0 Å². The van der Waals surface area contributed by atoms with Crippen molar-refractivity contribution in [3.63, 3.8) is 0 Å². The molecule has 5 rings (SSSR count). The quantitative estimate of drug-likeness (QED) is 0.413. The largest absolute Gasteiger partial charge is 0.0839 e. The van der Waals surface area contributed by atoms with Gasteiger partial charge < -0.3 is 0 Å². The Morgan fingerprint density at radius 1 is 1.00 bits per heavy atom. The van der Waals surface area contributed by atoms with Crippen LogP contribution in [0.2, 0.25) is 0 Å². The molecule has 174 valence electrons. The van der Waals surface area contributed by atoms with Gasteiger partial charge in [-0.05, 0) is 129 Å². The standard InChI is InChI=1S/C31H50/c1-22-18-23(21-30(2,3)4)12-13-29-24(10-7-11-28(22)29)14-15-31(16-17-31)27-19-25-8-5-6-9-26(25)20-27/h5,8,22-24,27-29H,6-7,9-21H2,1-4H3. The van der Waals surface area contributed by atoms with E-state index in [1.165, 1.54) is 51.4 Å². The van der Waals surface area contributed by atoms with Gasteiger partial charge in [-0.3, -0.25) is 0 Å². The van der Waals surface area contributed by atoms with Crippen LogP contribution in [0.3, 0.4) is 0 Å². The van der Waals surface area contributed by atoms with Crippen molar-refractivity contribution in [2.24, 2.45) is 46.3 Å². The van der Waals surface area contributed by atoms with Crippen LogP contribution >= 0.6 is 0 Å². The summed E-state index contributed by atoms with van der Waals surface area (Å²) in [5, 5.41) is 0. The van der Waals surface area contributed by atoms with Gasteiger partial charge in [0.25, 0.3) is 0 Å². The summed E-state index contributed by atoms with van der Waals surface area (Å²) >= 11 is 0. The van der Waals surface area contributed by atoms with Gasteiger partial charge in [0.2, 0.25) is 0 Å². The highest BCUT2D eigenvalue weighted by atomic mass is 14.6. The molecule has 0 N–H and O–H groups in total. The first-order valence-corrected chi connectivity index (χ1v) is 14.2. The predicted octanol–water partition coefficient (Wildman–Crippen LogP) is 9.51. The third-order valence-electron chi connectivity index (χ3n) is 10.6. The molecule has 6 atom stereocenters. The fraction of sp³-hybridized carbons (Fsp3) is 0.871. The monoisotopic (exact) mass is 422 g/mol. The maximum absolute atomic E-state index is 2.63. The van der Waals surface area contributed by atoms with Gasteiger partial charge in [0.1, 0.15) is 0 Å². The third kappa shape index (κ3) is 4.89. The highest BCUT2D eigenvalue weighted by molar-refractivity contribution is 5.35. The molecule has 0 aromatic carbocycles. The first-order chi connectivity index (χ1) is 14.8. The molecule has 0 bridgehead atoms. The molecule has 0 aromatic rings. The number of hydrogen-bond acceptors (Lipinski definition) is 0. The van der Waals surface area contributed by atoms with Crippen LogP contribution in [0.15, 0.2) is 23.3 Å². The van der Waals surface area contributed by atoms with Gasteiger partial charge in [-0.15, -0.1) is 0 Å². The van der Waals surface area contributed by atoms with Gasteiger partial charge in [0.05, 0.1) is 0 Å². The van der Waals surface area contributed by atoms with Gasteiger partial charge in [0.15, 0.2) is 0 Å². The maximum Gasteiger partial charge on any atom is -0.0243 e. The number of allylic oxidation sites excluding steroid dienone is 4. The molecule has 5 aliphatic carbocycles. The topological polar surface area (TPSA) is 0 Å². The predicted molar refractivity (Wildman–Crippen MR) is 134 cm³/mol. The van der Waals surface area contributed by atoms with Gasteiger partial charge in [0, 0.05) is 0 Å². The van der Waals surface area contributed by atoms with Crippen LogP contribution in [0, 0.1) is 46.3 Å². The van der Waals surface area contributed by atoms with Gasteiger partial charge in [-0.2, -0.15) is 0 Å². The lowest BCUT2D eigenvalue weighted by molar-refractivity contribution is 0.0923. The van der Waals surface area contributed by atoms with E-state index in [0.29, 0.717) is 5.41 Å². The summed E-state index contributed by atoms with van der Waals surface area (Å²) in [4.78, 5) is 0. The van der Waals surface area contributed by atoms with E-state index in [4.69, 9.17) is 0 Å². The molecule has 0 amide bonds. The van der Waals surface area contributed by atoms with Crippen LogP contribution in [0.4, 0.5) is 0 Å². The third-order valence-corrected chi connectivity index (χ3v) is 10.6. The van der Waals surface area contributed by atoms with E-state index in [-0.39, 0.29) is 0 Å². The average Bonchev–Trinajstić information content (AvgIpc) is 3.42. The van der Waals surface area contributed by atoms with E-state index in [2.05, 4.69) is 39.8 Å². The zero-order valence-corrected chi connectivity index (χ0v) is 21.2. The van der Waals surface area contributed by atoms with Crippen molar-refractivity contribution in [2.45, 2.75) is 124 Å². The number of hydrogen-bond donors (Lipinski definition) is 0.